The standard InChI is InChI=1S/C18H21ClN2O4S/c1-13-5-3-6-14(11-13)21-26(23,24)15-7-8-17(19)16(12-15)18(22)20-9-4-10-25-2/h3,5-8,11-12,21H,4,9-10H2,1-2H3,(H,20,22). The van der Waals surface area contributed by atoms with E-state index in [1.54, 1.807) is 25.3 Å². The fourth-order valence-corrected chi connectivity index (χ4v) is 3.56. The number of carbonyl (C=O) groups is 1. The van der Waals surface area contributed by atoms with Crippen molar-refractivity contribution in [1.82, 2.24) is 5.32 Å². The Bertz CT molecular complexity index is 885. The Hall–Kier alpha value is -2.09. The zero-order chi connectivity index (χ0) is 19.2. The van der Waals surface area contributed by atoms with Crippen LogP contribution in [0.1, 0.15) is 22.3 Å². The maximum Gasteiger partial charge on any atom is 0.261 e. The van der Waals surface area contributed by atoms with Crippen LogP contribution in [0.4, 0.5) is 5.69 Å². The summed E-state index contributed by atoms with van der Waals surface area (Å²) in [5, 5.41) is 2.88. The van der Waals surface area contributed by atoms with Gasteiger partial charge in [0.15, 0.2) is 0 Å². The van der Waals surface area contributed by atoms with Crippen LogP contribution >= 0.6 is 11.6 Å². The molecule has 0 radical (unpaired) electrons. The minimum absolute atomic E-state index is 0.0366. The second kappa shape index (κ2) is 9.02. The molecule has 0 saturated carbocycles. The first-order valence-electron chi connectivity index (χ1n) is 7.99. The van der Waals surface area contributed by atoms with Gasteiger partial charge in [-0.15, -0.1) is 0 Å². The molecule has 0 fully saturated rings. The molecule has 8 heteroatoms. The summed E-state index contributed by atoms with van der Waals surface area (Å²) in [5.41, 5.74) is 1.49. The Labute approximate surface area is 158 Å². The molecule has 0 unspecified atom stereocenters. The summed E-state index contributed by atoms with van der Waals surface area (Å²) in [5.74, 6) is -0.432. The van der Waals surface area contributed by atoms with Gasteiger partial charge >= 0.3 is 0 Å². The van der Waals surface area contributed by atoms with E-state index in [1.807, 2.05) is 13.0 Å². The average Bonchev–Trinajstić information content (AvgIpc) is 2.58. The summed E-state index contributed by atoms with van der Waals surface area (Å²) < 4.78 is 32.6. The van der Waals surface area contributed by atoms with Crippen LogP contribution in [0.5, 0.6) is 0 Å². The van der Waals surface area contributed by atoms with Gasteiger partial charge in [-0.1, -0.05) is 23.7 Å². The number of ether oxygens (including phenoxy) is 1. The first kappa shape index (κ1) is 20.2. The van der Waals surface area contributed by atoms with Crippen molar-refractivity contribution in [2.75, 3.05) is 25.0 Å². The van der Waals surface area contributed by atoms with Gasteiger partial charge in [-0.05, 0) is 49.2 Å². The number of rotatable bonds is 8. The first-order chi connectivity index (χ1) is 12.3. The molecule has 0 spiro atoms. The molecular formula is C18H21ClN2O4S. The van der Waals surface area contributed by atoms with Crippen LogP contribution in [0, 0.1) is 6.92 Å². The number of methoxy groups -OCH3 is 1. The lowest BCUT2D eigenvalue weighted by Gasteiger charge is -2.11. The van der Waals surface area contributed by atoms with Crippen LogP contribution in [-0.2, 0) is 14.8 Å². The highest BCUT2D eigenvalue weighted by molar-refractivity contribution is 7.92. The molecule has 0 atom stereocenters. The number of amides is 1. The van der Waals surface area contributed by atoms with Gasteiger partial charge in [0.25, 0.3) is 15.9 Å². The van der Waals surface area contributed by atoms with Gasteiger partial charge in [0.2, 0.25) is 0 Å². The largest absolute Gasteiger partial charge is 0.385 e. The fourth-order valence-electron chi connectivity index (χ4n) is 2.28. The Morgan fingerprint density at radius 2 is 1.96 bits per heavy atom. The number of hydrogen-bond donors (Lipinski definition) is 2. The van der Waals surface area contributed by atoms with E-state index < -0.39 is 15.9 Å². The number of benzene rings is 2. The quantitative estimate of drug-likeness (QED) is 0.671. The van der Waals surface area contributed by atoms with Gasteiger partial charge in [-0.2, -0.15) is 0 Å². The van der Waals surface area contributed by atoms with Crippen molar-refractivity contribution in [3.63, 3.8) is 0 Å². The van der Waals surface area contributed by atoms with Gasteiger partial charge in [0, 0.05) is 25.9 Å². The molecular weight excluding hydrogens is 376 g/mol. The Morgan fingerprint density at radius 3 is 2.65 bits per heavy atom. The number of sulfonamides is 1. The van der Waals surface area contributed by atoms with Gasteiger partial charge in [-0.25, -0.2) is 8.42 Å². The molecule has 0 bridgehead atoms. The molecule has 6 nitrogen and oxygen atoms in total. The van der Waals surface area contributed by atoms with Crippen molar-refractivity contribution in [2.45, 2.75) is 18.2 Å². The highest BCUT2D eigenvalue weighted by Crippen LogP contribution is 2.23. The third-order valence-electron chi connectivity index (χ3n) is 3.57. The van der Waals surface area contributed by atoms with Crippen molar-refractivity contribution >= 4 is 33.2 Å². The van der Waals surface area contributed by atoms with Crippen molar-refractivity contribution in [2.24, 2.45) is 0 Å². The zero-order valence-electron chi connectivity index (χ0n) is 14.6. The van der Waals surface area contributed by atoms with Crippen LogP contribution in [0.25, 0.3) is 0 Å². The van der Waals surface area contributed by atoms with E-state index in [-0.39, 0.29) is 15.5 Å². The lowest BCUT2D eigenvalue weighted by Crippen LogP contribution is -2.26. The van der Waals surface area contributed by atoms with Gasteiger partial charge in [0.05, 0.1) is 15.5 Å². The summed E-state index contributed by atoms with van der Waals surface area (Å²) in [6.07, 6.45) is 0.646. The van der Waals surface area contributed by atoms with E-state index in [4.69, 9.17) is 16.3 Å². The van der Waals surface area contributed by atoms with E-state index in [2.05, 4.69) is 10.0 Å². The molecule has 0 aromatic heterocycles. The molecule has 0 aliphatic carbocycles. The Kier molecular flexibility index (Phi) is 7.02. The third-order valence-corrected chi connectivity index (χ3v) is 5.28. The van der Waals surface area contributed by atoms with Crippen LogP contribution in [-0.4, -0.2) is 34.6 Å². The first-order valence-corrected chi connectivity index (χ1v) is 9.86. The summed E-state index contributed by atoms with van der Waals surface area (Å²) in [4.78, 5) is 12.2. The van der Waals surface area contributed by atoms with E-state index in [1.165, 1.54) is 18.2 Å². The van der Waals surface area contributed by atoms with Gasteiger partial charge in [-0.3, -0.25) is 9.52 Å². The monoisotopic (exact) mass is 396 g/mol. The lowest BCUT2D eigenvalue weighted by molar-refractivity contribution is 0.0948. The number of nitrogens with one attached hydrogen (secondary N) is 2. The molecule has 0 heterocycles. The predicted octanol–water partition coefficient (Wildman–Crippen LogP) is 3.22. The van der Waals surface area contributed by atoms with Gasteiger partial charge in [0.1, 0.15) is 0 Å². The van der Waals surface area contributed by atoms with Crippen LogP contribution in [0.3, 0.4) is 0 Å². The second-order valence-electron chi connectivity index (χ2n) is 5.72. The third kappa shape index (κ3) is 5.45. The minimum atomic E-state index is -3.84. The van der Waals surface area contributed by atoms with E-state index in [0.29, 0.717) is 25.3 Å². The number of halogens is 1. The Morgan fingerprint density at radius 1 is 1.19 bits per heavy atom. The van der Waals surface area contributed by atoms with Crippen LogP contribution < -0.4 is 10.0 Å². The molecule has 26 heavy (non-hydrogen) atoms. The topological polar surface area (TPSA) is 84.5 Å². The van der Waals surface area contributed by atoms with Crippen molar-refractivity contribution in [3.05, 3.63) is 58.6 Å². The summed E-state index contributed by atoms with van der Waals surface area (Å²) in [6, 6.07) is 11.0. The summed E-state index contributed by atoms with van der Waals surface area (Å²) in [7, 11) is -2.26. The van der Waals surface area contributed by atoms with Crippen molar-refractivity contribution in [1.29, 1.82) is 0 Å². The van der Waals surface area contributed by atoms with Crippen molar-refractivity contribution in [3.8, 4) is 0 Å². The molecule has 0 aliphatic heterocycles. The number of aryl methyl sites for hydroxylation is 1. The number of carbonyl (C=O) groups excluding carboxylic acids is 1. The Balaban J connectivity index is 2.20. The summed E-state index contributed by atoms with van der Waals surface area (Å²) >= 11 is 6.06. The molecule has 2 aromatic rings. The SMILES string of the molecule is COCCCNC(=O)c1cc(S(=O)(=O)Nc2cccc(C)c2)ccc1Cl. The molecule has 2 N–H and O–H groups in total. The molecule has 1 amide bonds. The van der Waals surface area contributed by atoms with Crippen LogP contribution in [0.15, 0.2) is 47.4 Å². The smallest absolute Gasteiger partial charge is 0.261 e. The number of anilines is 1. The van der Waals surface area contributed by atoms with Crippen LogP contribution in [0.2, 0.25) is 5.02 Å². The zero-order valence-corrected chi connectivity index (χ0v) is 16.2. The molecule has 2 aromatic carbocycles. The molecule has 0 saturated heterocycles. The van der Waals surface area contributed by atoms with Gasteiger partial charge < -0.3 is 10.1 Å². The highest BCUT2D eigenvalue weighted by Gasteiger charge is 2.19. The predicted molar refractivity (Wildman–Crippen MR) is 102 cm³/mol. The normalized spacial score (nSPS) is 11.2. The summed E-state index contributed by atoms with van der Waals surface area (Å²) in [6.45, 7) is 2.79. The van der Waals surface area contributed by atoms with E-state index in [0.717, 1.165) is 5.56 Å². The van der Waals surface area contributed by atoms with E-state index in [9.17, 15) is 13.2 Å². The lowest BCUT2D eigenvalue weighted by atomic mass is 10.2. The van der Waals surface area contributed by atoms with Crippen molar-refractivity contribution < 1.29 is 17.9 Å². The highest BCUT2D eigenvalue weighted by atomic mass is 35.5. The maximum atomic E-state index is 12.6. The molecule has 0 aliphatic rings. The molecule has 140 valence electrons. The second-order valence-corrected chi connectivity index (χ2v) is 7.81. The maximum absolute atomic E-state index is 12.6. The fraction of sp³-hybridized carbons (Fsp3) is 0.278. The average molecular weight is 397 g/mol. The minimum Gasteiger partial charge on any atom is -0.385 e. The van der Waals surface area contributed by atoms with E-state index >= 15 is 0 Å². The number of hydrogen-bond acceptors (Lipinski definition) is 4. The molecule has 2 rings (SSSR count).